The van der Waals surface area contributed by atoms with Crippen molar-refractivity contribution in [3.05, 3.63) is 40.9 Å². The first kappa shape index (κ1) is 24.1. The van der Waals surface area contributed by atoms with E-state index in [0.717, 1.165) is 50.7 Å². The van der Waals surface area contributed by atoms with Crippen LogP contribution >= 0.6 is 11.6 Å². The number of halogens is 1. The third-order valence-electron chi connectivity index (χ3n) is 8.05. The summed E-state index contributed by atoms with van der Waals surface area (Å²) in [7, 11) is 0. The highest BCUT2D eigenvalue weighted by Crippen LogP contribution is 2.59. The van der Waals surface area contributed by atoms with E-state index < -0.39 is 0 Å². The van der Waals surface area contributed by atoms with Crippen molar-refractivity contribution in [3.8, 4) is 0 Å². The van der Waals surface area contributed by atoms with Crippen LogP contribution in [0, 0.1) is 17.3 Å². The molecule has 1 heterocycles. The lowest BCUT2D eigenvalue weighted by atomic mass is 9.49. The molecule has 2 fully saturated rings. The Morgan fingerprint density at radius 2 is 1.85 bits per heavy atom. The zero-order chi connectivity index (χ0) is 23.6. The summed E-state index contributed by atoms with van der Waals surface area (Å²) in [5.74, 6) is 1.68. The Bertz CT molecular complexity index is 890. The Morgan fingerprint density at radius 1 is 1.15 bits per heavy atom. The molecule has 1 saturated carbocycles. The van der Waals surface area contributed by atoms with Gasteiger partial charge in [-0.15, -0.1) is 0 Å². The second-order valence-electron chi connectivity index (χ2n) is 10.3. The van der Waals surface area contributed by atoms with Crippen LogP contribution in [0.4, 0.5) is 10.5 Å². The van der Waals surface area contributed by atoms with Gasteiger partial charge >= 0.3 is 6.03 Å². The Balaban J connectivity index is 1.25. The van der Waals surface area contributed by atoms with Crippen LogP contribution in [0.2, 0.25) is 5.02 Å². The molecule has 1 aromatic rings. The van der Waals surface area contributed by atoms with E-state index in [1.807, 2.05) is 24.0 Å². The zero-order valence-electron chi connectivity index (χ0n) is 20.1. The predicted octanol–water partition coefficient (Wildman–Crippen LogP) is 4.72. The average Bonchev–Trinajstić information content (AvgIpc) is 2.82. The van der Waals surface area contributed by atoms with Gasteiger partial charge in [-0.05, 0) is 54.4 Å². The van der Waals surface area contributed by atoms with E-state index in [-0.39, 0.29) is 11.9 Å². The molecule has 1 saturated heterocycles. The fourth-order valence-corrected chi connectivity index (χ4v) is 5.69. The molecule has 0 spiro atoms. The molecule has 2 atom stereocenters. The van der Waals surface area contributed by atoms with Gasteiger partial charge in [0.15, 0.2) is 0 Å². The maximum absolute atomic E-state index is 12.7. The summed E-state index contributed by atoms with van der Waals surface area (Å²) in [6.45, 7) is 12.1. The minimum absolute atomic E-state index is 0.0783. The van der Waals surface area contributed by atoms with Crippen molar-refractivity contribution >= 4 is 29.2 Å². The first-order valence-corrected chi connectivity index (χ1v) is 12.7. The number of anilines is 1. The summed E-state index contributed by atoms with van der Waals surface area (Å²) in [4.78, 5) is 31.5. The molecule has 1 aromatic carbocycles. The van der Waals surface area contributed by atoms with Crippen LogP contribution in [0.15, 0.2) is 35.9 Å². The fraction of sp³-hybridized carbons (Fsp3) is 0.615. The van der Waals surface area contributed by atoms with Crippen LogP contribution in [-0.4, -0.2) is 72.5 Å². The predicted molar refractivity (Wildman–Crippen MR) is 133 cm³/mol. The maximum Gasteiger partial charge on any atom is 0.321 e. The highest BCUT2D eigenvalue weighted by atomic mass is 35.5. The number of benzene rings is 1. The van der Waals surface area contributed by atoms with E-state index in [1.165, 1.54) is 12.0 Å². The molecule has 2 bridgehead atoms. The first-order chi connectivity index (χ1) is 15.8. The third kappa shape index (κ3) is 5.38. The zero-order valence-corrected chi connectivity index (χ0v) is 20.9. The summed E-state index contributed by atoms with van der Waals surface area (Å²) < 4.78 is 0. The number of allylic oxidation sites excluding steroid dienone is 1. The van der Waals surface area contributed by atoms with E-state index in [0.29, 0.717) is 35.9 Å². The van der Waals surface area contributed by atoms with E-state index in [4.69, 9.17) is 11.6 Å². The number of hydrogen-bond donors (Lipinski definition) is 1. The molecule has 180 valence electrons. The lowest BCUT2D eigenvalue weighted by Gasteiger charge is -2.57. The van der Waals surface area contributed by atoms with E-state index >= 15 is 0 Å². The van der Waals surface area contributed by atoms with Crippen LogP contribution < -0.4 is 5.32 Å². The van der Waals surface area contributed by atoms with Crippen molar-refractivity contribution in [2.24, 2.45) is 17.3 Å². The minimum atomic E-state index is -0.0783. The molecule has 3 aliphatic carbocycles. The first-order valence-electron chi connectivity index (χ1n) is 12.3. The monoisotopic (exact) mass is 472 g/mol. The second kappa shape index (κ2) is 10.1. The molecule has 1 aliphatic heterocycles. The number of carbonyl (C=O) groups is 2. The van der Waals surface area contributed by atoms with Crippen LogP contribution in [0.3, 0.4) is 0 Å². The number of hydrogen-bond acceptors (Lipinski definition) is 3. The number of nitrogens with one attached hydrogen (secondary N) is 1. The Hall–Kier alpha value is -2.05. The normalized spacial score (nSPS) is 24.0. The lowest BCUT2D eigenvalue weighted by molar-refractivity contribution is -0.131. The summed E-state index contributed by atoms with van der Waals surface area (Å²) >= 11 is 5.91. The number of nitrogens with zero attached hydrogens (tertiary/aromatic N) is 3. The highest BCUT2D eigenvalue weighted by Gasteiger charge is 2.51. The third-order valence-corrected chi connectivity index (χ3v) is 8.30. The van der Waals surface area contributed by atoms with Gasteiger partial charge in [0.2, 0.25) is 5.91 Å². The summed E-state index contributed by atoms with van der Waals surface area (Å²) in [6.07, 6.45) is 5.39. The van der Waals surface area contributed by atoms with E-state index in [9.17, 15) is 9.59 Å². The molecule has 1 N–H and O–H groups in total. The van der Waals surface area contributed by atoms with Gasteiger partial charge in [0, 0.05) is 62.9 Å². The Morgan fingerprint density at radius 3 is 2.45 bits per heavy atom. The molecule has 2 unspecified atom stereocenters. The van der Waals surface area contributed by atoms with Crippen molar-refractivity contribution in [3.63, 3.8) is 0 Å². The maximum atomic E-state index is 12.7. The molecule has 6 nitrogen and oxygen atoms in total. The molecule has 5 rings (SSSR count). The summed E-state index contributed by atoms with van der Waals surface area (Å²) in [5.41, 5.74) is 2.60. The van der Waals surface area contributed by atoms with E-state index in [2.05, 4.69) is 35.0 Å². The van der Waals surface area contributed by atoms with Gasteiger partial charge in [-0.3, -0.25) is 9.69 Å². The fourth-order valence-electron chi connectivity index (χ4n) is 5.56. The molecule has 33 heavy (non-hydrogen) atoms. The standard InChI is InChI=1S/C26H37ClN4O2/c1-4-24(32)31(18-19-5-6-20-17-23(19)26(20,2)3)16-13-29-11-14-30(15-12-29)25(33)28-22-9-7-21(27)8-10-22/h5,7-10,20,23H,4,6,11-18H2,1-3H3,(H,28,33). The van der Waals surface area contributed by atoms with Crippen LogP contribution in [0.1, 0.15) is 40.0 Å². The van der Waals surface area contributed by atoms with Crippen LogP contribution in [0.5, 0.6) is 0 Å². The number of urea groups is 1. The van der Waals surface area contributed by atoms with Crippen molar-refractivity contribution in [1.29, 1.82) is 0 Å². The minimum Gasteiger partial charge on any atom is -0.337 e. The Kier molecular flexibility index (Phi) is 7.34. The van der Waals surface area contributed by atoms with Crippen molar-refractivity contribution < 1.29 is 9.59 Å². The van der Waals surface area contributed by atoms with Crippen molar-refractivity contribution in [2.45, 2.75) is 40.0 Å². The topological polar surface area (TPSA) is 55.9 Å². The van der Waals surface area contributed by atoms with Gasteiger partial charge in [0.25, 0.3) is 0 Å². The van der Waals surface area contributed by atoms with Gasteiger partial charge in [-0.25, -0.2) is 4.79 Å². The molecule has 4 aliphatic rings. The van der Waals surface area contributed by atoms with Crippen molar-refractivity contribution in [1.82, 2.24) is 14.7 Å². The highest BCUT2D eigenvalue weighted by molar-refractivity contribution is 6.30. The molecule has 3 amide bonds. The lowest BCUT2D eigenvalue weighted by Crippen LogP contribution is -2.52. The van der Waals surface area contributed by atoms with Crippen LogP contribution in [0.25, 0.3) is 0 Å². The molecule has 7 heteroatoms. The number of amides is 3. The Labute approximate surface area is 202 Å². The SMILES string of the molecule is CCC(=O)N(CCN1CCN(C(=O)Nc2ccc(Cl)cc2)CC1)CC1=CCC2CC1C2(C)C. The van der Waals surface area contributed by atoms with E-state index in [1.54, 1.807) is 12.1 Å². The quantitative estimate of drug-likeness (QED) is 0.584. The van der Waals surface area contributed by atoms with Gasteiger partial charge in [-0.2, -0.15) is 0 Å². The molecular formula is C26H37ClN4O2. The number of piperazine rings is 1. The number of carbonyl (C=O) groups excluding carboxylic acids is 2. The van der Waals surface area contributed by atoms with Gasteiger partial charge in [-0.1, -0.05) is 44.0 Å². The average molecular weight is 473 g/mol. The summed E-state index contributed by atoms with van der Waals surface area (Å²) in [6, 6.07) is 7.08. The van der Waals surface area contributed by atoms with Crippen molar-refractivity contribution in [2.75, 3.05) is 51.1 Å². The second-order valence-corrected chi connectivity index (χ2v) is 10.7. The van der Waals surface area contributed by atoms with Gasteiger partial charge in [0.1, 0.15) is 0 Å². The molecule has 0 radical (unpaired) electrons. The molecular weight excluding hydrogens is 436 g/mol. The largest absolute Gasteiger partial charge is 0.337 e. The van der Waals surface area contributed by atoms with Gasteiger partial charge in [0.05, 0.1) is 0 Å². The smallest absolute Gasteiger partial charge is 0.321 e. The number of rotatable bonds is 7. The molecule has 0 aromatic heterocycles. The van der Waals surface area contributed by atoms with Gasteiger partial charge < -0.3 is 15.1 Å². The number of fused-ring (bicyclic) bond motifs is 1. The van der Waals surface area contributed by atoms with Crippen LogP contribution in [-0.2, 0) is 4.79 Å². The summed E-state index contributed by atoms with van der Waals surface area (Å²) in [5, 5.41) is 3.59.